The summed E-state index contributed by atoms with van der Waals surface area (Å²) in [6.45, 7) is 1.96. The van der Waals surface area contributed by atoms with E-state index in [0.717, 1.165) is 30.1 Å². The number of aromatic nitrogens is 1. The first-order chi connectivity index (χ1) is 10.3. The summed E-state index contributed by atoms with van der Waals surface area (Å²) in [6, 6.07) is 10.5. The van der Waals surface area contributed by atoms with Gasteiger partial charge in [-0.05, 0) is 55.3 Å². The van der Waals surface area contributed by atoms with Crippen molar-refractivity contribution in [2.24, 2.45) is 0 Å². The number of pyridine rings is 1. The number of nitrogens with zero attached hydrogens (tertiary/aromatic N) is 2. The van der Waals surface area contributed by atoms with Crippen molar-refractivity contribution in [3.8, 4) is 5.75 Å². The third-order valence-corrected chi connectivity index (χ3v) is 4.13. The van der Waals surface area contributed by atoms with E-state index in [0.29, 0.717) is 6.04 Å². The summed E-state index contributed by atoms with van der Waals surface area (Å²) in [5, 5.41) is 0. The molecular formula is C17H21N3O. The van der Waals surface area contributed by atoms with Gasteiger partial charge in [-0.2, -0.15) is 0 Å². The smallest absolute Gasteiger partial charge is 0.123 e. The third-order valence-electron chi connectivity index (χ3n) is 4.13. The Morgan fingerprint density at radius 2 is 2.10 bits per heavy atom. The van der Waals surface area contributed by atoms with Crippen LogP contribution in [0.25, 0.3) is 0 Å². The summed E-state index contributed by atoms with van der Waals surface area (Å²) < 4.78 is 5.46. The monoisotopic (exact) mass is 283 g/mol. The maximum atomic E-state index is 5.92. The molecule has 0 bridgehead atoms. The second kappa shape index (κ2) is 6.14. The second-order valence-corrected chi connectivity index (χ2v) is 5.48. The molecule has 0 saturated carbocycles. The van der Waals surface area contributed by atoms with E-state index in [4.69, 9.17) is 10.5 Å². The molecule has 1 aliphatic heterocycles. The molecule has 0 radical (unpaired) electrons. The van der Waals surface area contributed by atoms with Gasteiger partial charge in [-0.15, -0.1) is 0 Å². The molecule has 3 rings (SSSR count). The zero-order valence-corrected chi connectivity index (χ0v) is 12.3. The number of ether oxygens (including phenoxy) is 1. The molecule has 4 nitrogen and oxygen atoms in total. The molecule has 0 amide bonds. The largest absolute Gasteiger partial charge is 0.496 e. The number of hydrogen-bond acceptors (Lipinski definition) is 4. The lowest BCUT2D eigenvalue weighted by molar-refractivity contribution is 0.244. The Bertz CT molecular complexity index is 600. The summed E-state index contributed by atoms with van der Waals surface area (Å²) in [6.07, 6.45) is 6.14. The predicted octanol–water partition coefficient (Wildman–Crippen LogP) is 3.01. The fourth-order valence-electron chi connectivity index (χ4n) is 3.12. The standard InChI is InChI=1S/C17H21N3O/c1-21-17-5-4-15(18)11-14(17)12-20-10-2-3-16(20)13-6-8-19-9-7-13/h4-9,11,16H,2-3,10,12,18H2,1H3. The van der Waals surface area contributed by atoms with Crippen molar-refractivity contribution >= 4 is 5.69 Å². The van der Waals surface area contributed by atoms with Crippen LogP contribution in [-0.4, -0.2) is 23.5 Å². The number of nitrogen functional groups attached to an aromatic ring is 1. The summed E-state index contributed by atoms with van der Waals surface area (Å²) in [5.74, 6) is 0.907. The quantitative estimate of drug-likeness (QED) is 0.876. The molecule has 1 aromatic heterocycles. The topological polar surface area (TPSA) is 51.4 Å². The predicted molar refractivity (Wildman–Crippen MR) is 84.0 cm³/mol. The molecule has 0 aliphatic carbocycles. The number of methoxy groups -OCH3 is 1. The van der Waals surface area contributed by atoms with Crippen LogP contribution in [0.1, 0.15) is 30.0 Å². The Morgan fingerprint density at radius 1 is 1.29 bits per heavy atom. The van der Waals surface area contributed by atoms with Crippen molar-refractivity contribution in [1.82, 2.24) is 9.88 Å². The van der Waals surface area contributed by atoms with Gasteiger partial charge in [-0.25, -0.2) is 0 Å². The van der Waals surface area contributed by atoms with Crippen molar-refractivity contribution in [3.05, 3.63) is 53.9 Å². The van der Waals surface area contributed by atoms with Gasteiger partial charge in [0.2, 0.25) is 0 Å². The van der Waals surface area contributed by atoms with E-state index in [9.17, 15) is 0 Å². The van der Waals surface area contributed by atoms with Crippen LogP contribution in [0.5, 0.6) is 5.75 Å². The van der Waals surface area contributed by atoms with Crippen LogP contribution in [-0.2, 0) is 6.54 Å². The highest BCUT2D eigenvalue weighted by Gasteiger charge is 2.26. The van der Waals surface area contributed by atoms with Crippen molar-refractivity contribution < 1.29 is 4.74 Å². The first kappa shape index (κ1) is 13.9. The van der Waals surface area contributed by atoms with Gasteiger partial charge in [0.15, 0.2) is 0 Å². The number of rotatable bonds is 4. The van der Waals surface area contributed by atoms with E-state index in [1.165, 1.54) is 18.4 Å². The lowest BCUT2D eigenvalue weighted by Crippen LogP contribution is -2.23. The Balaban J connectivity index is 1.82. The van der Waals surface area contributed by atoms with Gasteiger partial charge >= 0.3 is 0 Å². The minimum Gasteiger partial charge on any atom is -0.496 e. The molecule has 1 saturated heterocycles. The lowest BCUT2D eigenvalue weighted by Gasteiger charge is -2.25. The molecule has 1 aromatic carbocycles. The number of anilines is 1. The number of benzene rings is 1. The van der Waals surface area contributed by atoms with Crippen molar-refractivity contribution in [3.63, 3.8) is 0 Å². The molecule has 2 heterocycles. The minimum atomic E-state index is 0.458. The first-order valence-electron chi connectivity index (χ1n) is 7.34. The molecule has 1 unspecified atom stereocenters. The molecule has 1 atom stereocenters. The van der Waals surface area contributed by atoms with Crippen molar-refractivity contribution in [2.75, 3.05) is 19.4 Å². The van der Waals surface area contributed by atoms with Gasteiger partial charge in [0.25, 0.3) is 0 Å². The van der Waals surface area contributed by atoms with E-state index < -0.39 is 0 Å². The van der Waals surface area contributed by atoms with Crippen LogP contribution >= 0.6 is 0 Å². The summed E-state index contributed by atoms with van der Waals surface area (Å²) in [7, 11) is 1.71. The zero-order valence-electron chi connectivity index (χ0n) is 12.3. The molecular weight excluding hydrogens is 262 g/mol. The average Bonchev–Trinajstić information content (AvgIpc) is 2.96. The fraction of sp³-hybridized carbons (Fsp3) is 0.353. The molecule has 2 N–H and O–H groups in total. The number of nitrogens with two attached hydrogens (primary N) is 1. The average molecular weight is 283 g/mol. The van der Waals surface area contributed by atoms with Crippen molar-refractivity contribution in [2.45, 2.75) is 25.4 Å². The van der Waals surface area contributed by atoms with Crippen LogP contribution in [0.2, 0.25) is 0 Å². The van der Waals surface area contributed by atoms with E-state index in [1.807, 2.05) is 30.6 Å². The molecule has 1 aliphatic rings. The maximum Gasteiger partial charge on any atom is 0.123 e. The first-order valence-corrected chi connectivity index (χ1v) is 7.34. The maximum absolute atomic E-state index is 5.92. The highest BCUT2D eigenvalue weighted by Crippen LogP contribution is 2.34. The van der Waals surface area contributed by atoms with Gasteiger partial charge < -0.3 is 10.5 Å². The van der Waals surface area contributed by atoms with E-state index in [1.54, 1.807) is 7.11 Å². The van der Waals surface area contributed by atoms with Gasteiger partial charge in [-0.3, -0.25) is 9.88 Å². The number of likely N-dealkylation sites (tertiary alicyclic amines) is 1. The zero-order chi connectivity index (χ0) is 14.7. The van der Waals surface area contributed by atoms with Gasteiger partial charge in [0, 0.05) is 36.2 Å². The van der Waals surface area contributed by atoms with E-state index in [-0.39, 0.29) is 0 Å². The summed E-state index contributed by atoms with van der Waals surface area (Å²) in [5.41, 5.74) is 9.19. The van der Waals surface area contributed by atoms with Crippen LogP contribution < -0.4 is 10.5 Å². The minimum absolute atomic E-state index is 0.458. The molecule has 0 spiro atoms. The van der Waals surface area contributed by atoms with Gasteiger partial charge in [-0.1, -0.05) is 0 Å². The SMILES string of the molecule is COc1ccc(N)cc1CN1CCCC1c1ccncc1. The number of hydrogen-bond donors (Lipinski definition) is 1. The molecule has 1 fully saturated rings. The van der Waals surface area contributed by atoms with Crippen LogP contribution in [0.4, 0.5) is 5.69 Å². The third kappa shape index (κ3) is 3.00. The Kier molecular flexibility index (Phi) is 4.06. The molecule has 21 heavy (non-hydrogen) atoms. The fourth-order valence-corrected chi connectivity index (χ4v) is 3.12. The Labute approximate surface area is 125 Å². The highest BCUT2D eigenvalue weighted by molar-refractivity contribution is 5.47. The molecule has 110 valence electrons. The van der Waals surface area contributed by atoms with E-state index in [2.05, 4.69) is 22.0 Å². The second-order valence-electron chi connectivity index (χ2n) is 5.48. The molecule has 2 aromatic rings. The van der Waals surface area contributed by atoms with Crippen LogP contribution in [0.15, 0.2) is 42.7 Å². The Hall–Kier alpha value is -2.07. The normalized spacial score (nSPS) is 18.8. The van der Waals surface area contributed by atoms with Crippen LogP contribution in [0.3, 0.4) is 0 Å². The Morgan fingerprint density at radius 3 is 2.86 bits per heavy atom. The van der Waals surface area contributed by atoms with Gasteiger partial charge in [0.1, 0.15) is 5.75 Å². The summed E-state index contributed by atoms with van der Waals surface area (Å²) >= 11 is 0. The van der Waals surface area contributed by atoms with Crippen molar-refractivity contribution in [1.29, 1.82) is 0 Å². The summed E-state index contributed by atoms with van der Waals surface area (Å²) in [4.78, 5) is 6.60. The lowest BCUT2D eigenvalue weighted by atomic mass is 10.1. The highest BCUT2D eigenvalue weighted by atomic mass is 16.5. The van der Waals surface area contributed by atoms with E-state index >= 15 is 0 Å². The van der Waals surface area contributed by atoms with Crippen LogP contribution in [0, 0.1) is 0 Å². The molecule has 4 heteroatoms. The van der Waals surface area contributed by atoms with Gasteiger partial charge in [0.05, 0.1) is 7.11 Å².